The zero-order valence-corrected chi connectivity index (χ0v) is 14.3. The quantitative estimate of drug-likeness (QED) is 0.380. The van der Waals surface area contributed by atoms with Crippen molar-refractivity contribution in [2.45, 2.75) is 33.1 Å². The molecule has 0 saturated carbocycles. The third-order valence-corrected chi connectivity index (χ3v) is 3.32. The second-order valence-electron chi connectivity index (χ2n) is 5.89. The maximum Gasteiger partial charge on any atom is 0.187 e. The first-order valence-electron chi connectivity index (χ1n) is 7.02. The van der Waals surface area contributed by atoms with Crippen LogP contribution < -0.4 is 10.7 Å². The second kappa shape index (κ2) is 8.10. The highest BCUT2D eigenvalue weighted by Crippen LogP contribution is 2.22. The van der Waals surface area contributed by atoms with E-state index in [9.17, 15) is 0 Å². The molecule has 0 aromatic heterocycles. The smallest absolute Gasteiger partial charge is 0.187 e. The van der Waals surface area contributed by atoms with Crippen molar-refractivity contribution in [1.82, 2.24) is 10.7 Å². The predicted molar refractivity (Wildman–Crippen MR) is 93.0 cm³/mol. The zero-order valence-electron chi connectivity index (χ0n) is 13.5. The molecule has 5 heteroatoms. The summed E-state index contributed by atoms with van der Waals surface area (Å²) in [5, 5.41) is 7.79. The van der Waals surface area contributed by atoms with Gasteiger partial charge in [-0.15, -0.1) is 0 Å². The molecule has 0 amide bonds. The zero-order chi connectivity index (χ0) is 15.9. The van der Waals surface area contributed by atoms with E-state index in [2.05, 4.69) is 60.9 Å². The van der Waals surface area contributed by atoms with Gasteiger partial charge in [0.1, 0.15) is 0 Å². The summed E-state index contributed by atoms with van der Waals surface area (Å²) < 4.78 is 4.94. The average molecular weight is 307 g/mol. The summed E-state index contributed by atoms with van der Waals surface area (Å²) in [4.78, 5) is 0. The number of methoxy groups -OCH3 is 1. The Hall–Kier alpha value is -1.46. The highest BCUT2D eigenvalue weighted by molar-refractivity contribution is 7.80. The van der Waals surface area contributed by atoms with E-state index in [-0.39, 0.29) is 5.41 Å². The van der Waals surface area contributed by atoms with Gasteiger partial charge in [-0.25, -0.2) is 0 Å². The molecule has 1 aromatic rings. The summed E-state index contributed by atoms with van der Waals surface area (Å²) >= 11 is 5.12. The normalized spacial score (nSPS) is 12.1. The fourth-order valence-electron chi connectivity index (χ4n) is 1.72. The third kappa shape index (κ3) is 6.23. The molecule has 0 fully saturated rings. The monoisotopic (exact) mass is 307 g/mol. The van der Waals surface area contributed by atoms with E-state index in [0.29, 0.717) is 18.3 Å². The molecule has 0 saturated heterocycles. The highest BCUT2D eigenvalue weighted by atomic mass is 32.1. The van der Waals surface area contributed by atoms with Crippen LogP contribution in [-0.2, 0) is 10.2 Å². The van der Waals surface area contributed by atoms with Gasteiger partial charge in [0.2, 0.25) is 0 Å². The van der Waals surface area contributed by atoms with Gasteiger partial charge in [-0.3, -0.25) is 5.43 Å². The highest BCUT2D eigenvalue weighted by Gasteiger charge is 2.13. The molecule has 0 spiro atoms. The molecular weight excluding hydrogens is 282 g/mol. The lowest BCUT2D eigenvalue weighted by Gasteiger charge is -2.19. The predicted octanol–water partition coefficient (Wildman–Crippen LogP) is 2.82. The summed E-state index contributed by atoms with van der Waals surface area (Å²) in [6.07, 6.45) is 0. The number of benzene rings is 1. The molecule has 1 rings (SSSR count). The minimum Gasteiger partial charge on any atom is -0.383 e. The van der Waals surface area contributed by atoms with E-state index in [4.69, 9.17) is 17.0 Å². The summed E-state index contributed by atoms with van der Waals surface area (Å²) in [7, 11) is 1.65. The van der Waals surface area contributed by atoms with Crippen LogP contribution in [0.2, 0.25) is 0 Å². The van der Waals surface area contributed by atoms with Crippen molar-refractivity contribution in [3.63, 3.8) is 0 Å². The molecule has 0 aliphatic rings. The van der Waals surface area contributed by atoms with Gasteiger partial charge in [0.25, 0.3) is 0 Å². The number of hydrogen-bond donors (Lipinski definition) is 2. The van der Waals surface area contributed by atoms with E-state index in [1.165, 1.54) is 5.56 Å². The van der Waals surface area contributed by atoms with Crippen LogP contribution >= 0.6 is 12.2 Å². The SMILES string of the molecule is COCCNC(=S)NN=C(C)c1ccc(C(C)(C)C)cc1. The Morgan fingerprint density at radius 3 is 2.38 bits per heavy atom. The number of thiocarbonyl (C=S) groups is 1. The van der Waals surface area contributed by atoms with E-state index < -0.39 is 0 Å². The van der Waals surface area contributed by atoms with Gasteiger partial charge in [-0.1, -0.05) is 45.0 Å². The molecule has 0 aliphatic carbocycles. The van der Waals surface area contributed by atoms with Crippen LogP contribution in [-0.4, -0.2) is 31.1 Å². The van der Waals surface area contributed by atoms with Gasteiger partial charge in [0, 0.05) is 13.7 Å². The maximum atomic E-state index is 5.12. The molecule has 0 unspecified atom stereocenters. The summed E-state index contributed by atoms with van der Waals surface area (Å²) in [6.45, 7) is 9.84. The van der Waals surface area contributed by atoms with Crippen molar-refractivity contribution >= 4 is 23.0 Å². The maximum absolute atomic E-state index is 5.12. The fourth-order valence-corrected chi connectivity index (χ4v) is 1.86. The lowest BCUT2D eigenvalue weighted by atomic mass is 9.86. The van der Waals surface area contributed by atoms with Gasteiger partial charge >= 0.3 is 0 Å². The average Bonchev–Trinajstić information content (AvgIpc) is 2.44. The molecule has 0 heterocycles. The Bertz CT molecular complexity index is 489. The van der Waals surface area contributed by atoms with Gasteiger partial charge in [-0.05, 0) is 35.7 Å². The number of ether oxygens (including phenoxy) is 1. The standard InChI is InChI=1S/C16H25N3OS/c1-12(18-19-15(21)17-10-11-20-5)13-6-8-14(9-7-13)16(2,3)4/h6-9H,10-11H2,1-5H3,(H2,17,19,21). The van der Waals surface area contributed by atoms with Gasteiger partial charge in [-0.2, -0.15) is 5.10 Å². The van der Waals surface area contributed by atoms with Crippen molar-refractivity contribution in [3.05, 3.63) is 35.4 Å². The first-order valence-corrected chi connectivity index (χ1v) is 7.43. The van der Waals surface area contributed by atoms with Gasteiger partial charge < -0.3 is 10.1 Å². The largest absolute Gasteiger partial charge is 0.383 e. The first kappa shape index (κ1) is 17.6. The number of hydrogen-bond acceptors (Lipinski definition) is 3. The molecule has 116 valence electrons. The molecule has 0 radical (unpaired) electrons. The van der Waals surface area contributed by atoms with Crippen molar-refractivity contribution in [2.24, 2.45) is 5.10 Å². The van der Waals surface area contributed by atoms with E-state index in [0.717, 1.165) is 11.3 Å². The van der Waals surface area contributed by atoms with Crippen molar-refractivity contribution in [3.8, 4) is 0 Å². The number of nitrogens with zero attached hydrogens (tertiary/aromatic N) is 1. The molecule has 4 nitrogen and oxygen atoms in total. The number of hydrazone groups is 1. The van der Waals surface area contributed by atoms with Crippen molar-refractivity contribution in [1.29, 1.82) is 0 Å². The van der Waals surface area contributed by atoms with Crippen LogP contribution in [0.15, 0.2) is 29.4 Å². The molecule has 0 aliphatic heterocycles. The Labute approximate surface area is 133 Å². The van der Waals surface area contributed by atoms with Crippen LogP contribution in [0.3, 0.4) is 0 Å². The van der Waals surface area contributed by atoms with Crippen LogP contribution in [0.1, 0.15) is 38.8 Å². The van der Waals surface area contributed by atoms with Crippen molar-refractivity contribution in [2.75, 3.05) is 20.3 Å². The molecule has 0 bridgehead atoms. The van der Waals surface area contributed by atoms with Gasteiger partial charge in [0.15, 0.2) is 5.11 Å². The molecule has 2 N–H and O–H groups in total. The minimum atomic E-state index is 0.161. The van der Waals surface area contributed by atoms with E-state index in [1.807, 2.05) is 6.92 Å². The van der Waals surface area contributed by atoms with Crippen molar-refractivity contribution < 1.29 is 4.74 Å². The topological polar surface area (TPSA) is 45.6 Å². The molecule has 21 heavy (non-hydrogen) atoms. The lowest BCUT2D eigenvalue weighted by molar-refractivity contribution is 0.204. The van der Waals surface area contributed by atoms with Crippen LogP contribution in [0.25, 0.3) is 0 Å². The van der Waals surface area contributed by atoms with E-state index in [1.54, 1.807) is 7.11 Å². The van der Waals surface area contributed by atoms with Crippen LogP contribution in [0.5, 0.6) is 0 Å². The fraction of sp³-hybridized carbons (Fsp3) is 0.500. The van der Waals surface area contributed by atoms with E-state index >= 15 is 0 Å². The van der Waals surface area contributed by atoms with Crippen LogP contribution in [0, 0.1) is 0 Å². The summed E-state index contributed by atoms with van der Waals surface area (Å²) in [6, 6.07) is 8.46. The minimum absolute atomic E-state index is 0.161. The Kier molecular flexibility index (Phi) is 6.78. The molecule has 1 aromatic carbocycles. The van der Waals surface area contributed by atoms with Crippen LogP contribution in [0.4, 0.5) is 0 Å². The molecular formula is C16H25N3OS. The Morgan fingerprint density at radius 2 is 1.86 bits per heavy atom. The third-order valence-electron chi connectivity index (χ3n) is 3.09. The first-order chi connectivity index (χ1) is 9.84. The number of rotatable bonds is 5. The lowest BCUT2D eigenvalue weighted by Crippen LogP contribution is -2.34. The van der Waals surface area contributed by atoms with Gasteiger partial charge in [0.05, 0.1) is 12.3 Å². The summed E-state index contributed by atoms with van der Waals surface area (Å²) in [5.74, 6) is 0. The number of nitrogens with one attached hydrogen (secondary N) is 2. The Balaban J connectivity index is 2.60. The molecule has 0 atom stereocenters. The Morgan fingerprint density at radius 1 is 1.24 bits per heavy atom. The summed E-state index contributed by atoms with van der Waals surface area (Å²) in [5.41, 5.74) is 6.28. The second-order valence-corrected chi connectivity index (χ2v) is 6.29.